The third kappa shape index (κ3) is 6.98. The summed E-state index contributed by atoms with van der Waals surface area (Å²) < 4.78 is 1.13. The molecule has 19 heavy (non-hydrogen) atoms. The van der Waals surface area contributed by atoms with Crippen LogP contribution in [-0.2, 0) is 0 Å². The molecule has 1 rings (SSSR count). The van der Waals surface area contributed by atoms with E-state index >= 15 is 0 Å². The van der Waals surface area contributed by atoms with Gasteiger partial charge in [-0.05, 0) is 45.0 Å². The second-order valence-corrected chi connectivity index (χ2v) is 6.19. The summed E-state index contributed by atoms with van der Waals surface area (Å²) >= 11 is 3.50. The minimum absolute atomic E-state index is 0.626. The zero-order valence-corrected chi connectivity index (χ0v) is 14.0. The summed E-state index contributed by atoms with van der Waals surface area (Å²) in [5.74, 6) is 0. The van der Waals surface area contributed by atoms with Gasteiger partial charge in [-0.25, -0.2) is 0 Å². The van der Waals surface area contributed by atoms with Crippen molar-refractivity contribution in [1.82, 2.24) is 4.90 Å². The lowest BCUT2D eigenvalue weighted by Crippen LogP contribution is -2.35. The first-order chi connectivity index (χ1) is 9.13. The summed E-state index contributed by atoms with van der Waals surface area (Å²) in [6.07, 6.45) is 3.94. The third-order valence-electron chi connectivity index (χ3n) is 3.33. The molecule has 0 aromatic heterocycles. The first-order valence-electron chi connectivity index (χ1n) is 7.37. The molecule has 0 atom stereocenters. The van der Waals surface area contributed by atoms with Crippen molar-refractivity contribution in [3.05, 3.63) is 28.7 Å². The average Bonchev–Trinajstić information content (AvgIpc) is 2.37. The molecular weight excluding hydrogens is 300 g/mol. The largest absolute Gasteiger partial charge is 0.384 e. The molecule has 2 nitrogen and oxygen atoms in total. The maximum absolute atomic E-state index is 3.50. The van der Waals surface area contributed by atoms with Crippen molar-refractivity contribution in [2.45, 2.75) is 46.1 Å². The van der Waals surface area contributed by atoms with Gasteiger partial charge in [0.05, 0.1) is 0 Å². The van der Waals surface area contributed by atoms with E-state index in [1.165, 1.54) is 31.5 Å². The Labute approximate surface area is 126 Å². The highest BCUT2D eigenvalue weighted by Crippen LogP contribution is 2.15. The van der Waals surface area contributed by atoms with Gasteiger partial charge in [0.2, 0.25) is 0 Å². The number of nitrogens with one attached hydrogen (secondary N) is 1. The van der Waals surface area contributed by atoms with E-state index in [0.717, 1.165) is 17.6 Å². The summed E-state index contributed by atoms with van der Waals surface area (Å²) in [7, 11) is 0. The molecular formula is C16H27BrN2. The lowest BCUT2D eigenvalue weighted by atomic mass is 10.2. The van der Waals surface area contributed by atoms with E-state index in [0.29, 0.717) is 6.04 Å². The summed E-state index contributed by atoms with van der Waals surface area (Å²) in [5, 5.41) is 3.49. The molecule has 0 aliphatic rings. The van der Waals surface area contributed by atoms with Crippen molar-refractivity contribution in [3.8, 4) is 0 Å². The van der Waals surface area contributed by atoms with Gasteiger partial charge in [0, 0.05) is 29.3 Å². The molecule has 0 heterocycles. The molecule has 0 aliphatic heterocycles. The van der Waals surface area contributed by atoms with Gasteiger partial charge in [0.15, 0.2) is 0 Å². The summed E-state index contributed by atoms with van der Waals surface area (Å²) in [5.41, 5.74) is 1.19. The number of benzene rings is 1. The Balaban J connectivity index is 2.31. The first kappa shape index (κ1) is 16.5. The Bertz CT molecular complexity index is 352. The zero-order valence-electron chi connectivity index (χ0n) is 12.5. The fraction of sp³-hybridized carbons (Fsp3) is 0.625. The van der Waals surface area contributed by atoms with Crippen molar-refractivity contribution >= 4 is 21.6 Å². The van der Waals surface area contributed by atoms with Crippen molar-refractivity contribution in [1.29, 1.82) is 0 Å². The topological polar surface area (TPSA) is 15.3 Å². The quantitative estimate of drug-likeness (QED) is 0.658. The Hall–Kier alpha value is -0.540. The van der Waals surface area contributed by atoms with Crippen LogP contribution in [0.2, 0.25) is 0 Å². The lowest BCUT2D eigenvalue weighted by molar-refractivity contribution is 0.225. The lowest BCUT2D eigenvalue weighted by Gasteiger charge is -2.26. The molecule has 0 aliphatic carbocycles. The molecule has 108 valence electrons. The number of halogens is 1. The third-order valence-corrected chi connectivity index (χ3v) is 3.83. The summed E-state index contributed by atoms with van der Waals surface area (Å²) in [6.45, 7) is 10.1. The maximum Gasteiger partial charge on any atom is 0.0351 e. The highest BCUT2D eigenvalue weighted by Gasteiger charge is 2.08. The van der Waals surface area contributed by atoms with E-state index in [-0.39, 0.29) is 0 Å². The van der Waals surface area contributed by atoms with Gasteiger partial charge in [0.25, 0.3) is 0 Å². The monoisotopic (exact) mass is 326 g/mol. The van der Waals surface area contributed by atoms with Crippen LogP contribution in [-0.4, -0.2) is 30.6 Å². The second kappa shape index (κ2) is 9.38. The predicted octanol–water partition coefficient (Wildman–Crippen LogP) is 4.76. The Morgan fingerprint density at radius 3 is 2.63 bits per heavy atom. The average molecular weight is 327 g/mol. The normalized spacial score (nSPS) is 11.3. The number of rotatable bonds is 9. The van der Waals surface area contributed by atoms with Gasteiger partial charge in [-0.2, -0.15) is 0 Å². The first-order valence-corrected chi connectivity index (χ1v) is 8.16. The van der Waals surface area contributed by atoms with E-state index in [2.05, 4.69) is 71.2 Å². The highest BCUT2D eigenvalue weighted by molar-refractivity contribution is 9.10. The zero-order chi connectivity index (χ0) is 14.1. The van der Waals surface area contributed by atoms with Gasteiger partial charge in [-0.15, -0.1) is 0 Å². The van der Waals surface area contributed by atoms with Gasteiger partial charge < -0.3 is 5.32 Å². The van der Waals surface area contributed by atoms with Crippen LogP contribution in [0.5, 0.6) is 0 Å². The second-order valence-electron chi connectivity index (χ2n) is 5.27. The van der Waals surface area contributed by atoms with Gasteiger partial charge in [-0.3, -0.25) is 4.90 Å². The fourth-order valence-corrected chi connectivity index (χ4v) is 2.53. The van der Waals surface area contributed by atoms with Crippen LogP contribution in [0.1, 0.15) is 40.0 Å². The van der Waals surface area contributed by atoms with Crippen molar-refractivity contribution in [2.24, 2.45) is 0 Å². The molecule has 1 aromatic rings. The van der Waals surface area contributed by atoms with Gasteiger partial charge in [-0.1, -0.05) is 41.8 Å². The predicted molar refractivity (Wildman–Crippen MR) is 88.9 cm³/mol. The Morgan fingerprint density at radius 1 is 1.21 bits per heavy atom. The minimum Gasteiger partial charge on any atom is -0.384 e. The van der Waals surface area contributed by atoms with Crippen LogP contribution in [0.3, 0.4) is 0 Å². The number of nitrogens with zero attached hydrogens (tertiary/aromatic N) is 1. The number of hydrogen-bond donors (Lipinski definition) is 1. The molecule has 0 unspecified atom stereocenters. The molecule has 0 radical (unpaired) electrons. The van der Waals surface area contributed by atoms with Crippen LogP contribution in [0, 0.1) is 0 Å². The van der Waals surface area contributed by atoms with Crippen LogP contribution in [0.15, 0.2) is 28.7 Å². The molecule has 1 N–H and O–H groups in total. The van der Waals surface area contributed by atoms with Crippen molar-refractivity contribution in [2.75, 3.05) is 25.0 Å². The van der Waals surface area contributed by atoms with Gasteiger partial charge >= 0.3 is 0 Å². The Kier molecular flexibility index (Phi) is 8.15. The van der Waals surface area contributed by atoms with Crippen LogP contribution in [0.25, 0.3) is 0 Å². The van der Waals surface area contributed by atoms with Crippen molar-refractivity contribution in [3.63, 3.8) is 0 Å². The fourth-order valence-electron chi connectivity index (χ4n) is 2.14. The number of anilines is 1. The van der Waals surface area contributed by atoms with Crippen LogP contribution < -0.4 is 5.32 Å². The SMILES string of the molecule is CCCCCN(CCNc1cccc(Br)c1)C(C)C. The molecule has 0 bridgehead atoms. The Morgan fingerprint density at radius 2 is 2.00 bits per heavy atom. The molecule has 1 aromatic carbocycles. The molecule has 0 saturated heterocycles. The summed E-state index contributed by atoms with van der Waals surface area (Å²) in [6, 6.07) is 8.98. The van der Waals surface area contributed by atoms with Crippen LogP contribution in [0.4, 0.5) is 5.69 Å². The van der Waals surface area contributed by atoms with Gasteiger partial charge in [0.1, 0.15) is 0 Å². The van der Waals surface area contributed by atoms with E-state index < -0.39 is 0 Å². The van der Waals surface area contributed by atoms with Crippen LogP contribution >= 0.6 is 15.9 Å². The standard InChI is InChI=1S/C16H27BrN2/c1-4-5-6-11-19(14(2)3)12-10-18-16-9-7-8-15(17)13-16/h7-9,13-14,18H,4-6,10-12H2,1-3H3. The van der Waals surface area contributed by atoms with E-state index in [1.807, 2.05) is 0 Å². The van der Waals surface area contributed by atoms with Crippen molar-refractivity contribution < 1.29 is 0 Å². The van der Waals surface area contributed by atoms with E-state index in [1.54, 1.807) is 0 Å². The number of unbranched alkanes of at least 4 members (excludes halogenated alkanes) is 2. The molecule has 0 saturated carbocycles. The molecule has 0 amide bonds. The highest BCUT2D eigenvalue weighted by atomic mass is 79.9. The summed E-state index contributed by atoms with van der Waals surface area (Å²) in [4.78, 5) is 2.56. The molecule has 0 fully saturated rings. The molecule has 3 heteroatoms. The van der Waals surface area contributed by atoms with E-state index in [4.69, 9.17) is 0 Å². The molecule has 0 spiro atoms. The van der Waals surface area contributed by atoms with E-state index in [9.17, 15) is 0 Å². The maximum atomic E-state index is 3.50. The number of hydrogen-bond acceptors (Lipinski definition) is 2. The minimum atomic E-state index is 0.626. The smallest absolute Gasteiger partial charge is 0.0351 e.